The highest BCUT2D eigenvalue weighted by atomic mass is 19.4. The van der Waals surface area contributed by atoms with Crippen LogP contribution < -0.4 is 10.7 Å². The Morgan fingerprint density at radius 3 is 2.33 bits per heavy atom. The van der Waals surface area contributed by atoms with Crippen molar-refractivity contribution < 1.29 is 32.7 Å². The van der Waals surface area contributed by atoms with Gasteiger partial charge < -0.3 is 5.11 Å². The van der Waals surface area contributed by atoms with Crippen LogP contribution in [0.5, 0.6) is 0 Å². The number of aromatic carboxylic acids is 1. The van der Waals surface area contributed by atoms with Crippen LogP contribution in [0.4, 0.5) is 24.5 Å². The summed E-state index contributed by atoms with van der Waals surface area (Å²) in [6.07, 6.45) is -3.62. The quantitative estimate of drug-likeness (QED) is 0.228. The normalized spacial score (nSPS) is 14.2. The van der Waals surface area contributed by atoms with Gasteiger partial charge in [-0.05, 0) is 67.4 Å². The number of carboxylic acids is 1. The van der Waals surface area contributed by atoms with E-state index in [-0.39, 0.29) is 33.6 Å². The maximum absolute atomic E-state index is 13.4. The first kappa shape index (κ1) is 24.7. The maximum Gasteiger partial charge on any atom is 0.416 e. The van der Waals surface area contributed by atoms with Gasteiger partial charge in [-0.25, -0.2) is 10.6 Å². The lowest BCUT2D eigenvalue weighted by molar-refractivity contribution is -0.137. The number of hydrogen-bond acceptors (Lipinski definition) is 4. The van der Waals surface area contributed by atoms with Gasteiger partial charge in [-0.2, -0.15) is 13.2 Å². The molecule has 0 spiro atoms. The molecule has 0 aliphatic carbocycles. The predicted octanol–water partition coefficient (Wildman–Crippen LogP) is 5.06. The largest absolute Gasteiger partial charge is 0.478 e. The molecular formula is C26H20F3N3O4. The molecule has 3 aromatic carbocycles. The van der Waals surface area contributed by atoms with Crippen molar-refractivity contribution in [3.8, 4) is 0 Å². The van der Waals surface area contributed by atoms with Crippen molar-refractivity contribution in [1.29, 1.82) is 0 Å². The fraction of sp³-hybridized carbons (Fsp3) is 0.115. The number of nitrogens with two attached hydrogens (primary N) is 1. The molecule has 4 rings (SSSR count). The Morgan fingerprint density at radius 1 is 0.972 bits per heavy atom. The van der Waals surface area contributed by atoms with Crippen LogP contribution in [0.1, 0.15) is 43.0 Å². The molecule has 0 atom stereocenters. The molecule has 0 radical (unpaired) electrons. The SMILES string of the molecule is Cc1ccc(C(=O)N(N)/C=C2/C(=O)N(c3cccc(C(=O)O)c3)c3cc(C(F)(F)F)ccc32)cc1C. The van der Waals surface area contributed by atoms with Crippen LogP contribution in [0.15, 0.2) is 66.9 Å². The molecule has 36 heavy (non-hydrogen) atoms. The molecule has 0 fully saturated rings. The zero-order chi connectivity index (χ0) is 26.4. The summed E-state index contributed by atoms with van der Waals surface area (Å²) >= 11 is 0. The molecule has 0 unspecified atom stereocenters. The zero-order valence-electron chi connectivity index (χ0n) is 19.1. The van der Waals surface area contributed by atoms with Gasteiger partial charge in [0.05, 0.1) is 28.1 Å². The van der Waals surface area contributed by atoms with Gasteiger partial charge in [0.25, 0.3) is 11.8 Å². The fourth-order valence-corrected chi connectivity index (χ4v) is 3.85. The Balaban J connectivity index is 1.82. The molecule has 2 amide bonds. The molecular weight excluding hydrogens is 475 g/mol. The number of benzene rings is 3. The van der Waals surface area contributed by atoms with Crippen molar-refractivity contribution in [2.24, 2.45) is 5.84 Å². The number of nitrogens with zero attached hydrogens (tertiary/aromatic N) is 2. The number of carbonyl (C=O) groups is 3. The summed E-state index contributed by atoms with van der Waals surface area (Å²) in [4.78, 5) is 38.7. The minimum absolute atomic E-state index is 0.0490. The van der Waals surface area contributed by atoms with Gasteiger partial charge >= 0.3 is 12.1 Å². The van der Waals surface area contributed by atoms with E-state index in [2.05, 4.69) is 0 Å². The van der Waals surface area contributed by atoms with E-state index >= 15 is 0 Å². The van der Waals surface area contributed by atoms with Crippen molar-refractivity contribution in [2.75, 3.05) is 4.90 Å². The molecule has 7 nitrogen and oxygen atoms in total. The zero-order valence-corrected chi connectivity index (χ0v) is 19.1. The molecule has 1 aliphatic heterocycles. The lowest BCUT2D eigenvalue weighted by Crippen LogP contribution is -2.33. The van der Waals surface area contributed by atoms with Crippen LogP contribution >= 0.6 is 0 Å². The van der Waals surface area contributed by atoms with E-state index in [1.165, 1.54) is 24.3 Å². The van der Waals surface area contributed by atoms with Crippen LogP contribution in [-0.4, -0.2) is 27.9 Å². The summed E-state index contributed by atoms with van der Waals surface area (Å²) in [6.45, 7) is 3.70. The van der Waals surface area contributed by atoms with Crippen LogP contribution in [0.3, 0.4) is 0 Å². The summed E-state index contributed by atoms with van der Waals surface area (Å²) < 4.78 is 40.3. The van der Waals surface area contributed by atoms with Crippen LogP contribution in [0, 0.1) is 13.8 Å². The Hall–Kier alpha value is -4.44. The number of amides is 2. The first-order chi connectivity index (χ1) is 16.9. The van der Waals surface area contributed by atoms with E-state index in [4.69, 9.17) is 5.84 Å². The molecule has 3 N–H and O–H groups in total. The van der Waals surface area contributed by atoms with Crippen LogP contribution in [-0.2, 0) is 11.0 Å². The van der Waals surface area contributed by atoms with Gasteiger partial charge in [-0.3, -0.25) is 19.5 Å². The lowest BCUT2D eigenvalue weighted by Gasteiger charge is -2.19. The second kappa shape index (κ2) is 8.97. The molecule has 1 aliphatic rings. The number of hydrogen-bond donors (Lipinski definition) is 2. The Morgan fingerprint density at radius 2 is 1.69 bits per heavy atom. The molecule has 3 aromatic rings. The predicted molar refractivity (Wildman–Crippen MR) is 126 cm³/mol. The summed E-state index contributed by atoms with van der Waals surface area (Å²) in [5.74, 6) is 3.30. The standard InChI is InChI=1S/C26H20F3N3O4/c1-14-6-7-16(10-15(14)2)23(33)31(30)13-21-20-9-8-18(26(27,28)29)12-22(20)32(24(21)34)19-5-3-4-17(11-19)25(35)36/h3-13H,30H2,1-2H3,(H,35,36)/b21-13+. The van der Waals surface area contributed by atoms with Crippen LogP contribution in [0.2, 0.25) is 0 Å². The molecule has 1 heterocycles. The second-order valence-electron chi connectivity index (χ2n) is 8.28. The Kier molecular flexibility index (Phi) is 6.15. The van der Waals surface area contributed by atoms with E-state index in [1.807, 2.05) is 13.8 Å². The first-order valence-corrected chi connectivity index (χ1v) is 10.6. The van der Waals surface area contributed by atoms with Crippen molar-refractivity contribution in [1.82, 2.24) is 5.01 Å². The second-order valence-corrected chi connectivity index (χ2v) is 8.28. The van der Waals surface area contributed by atoms with Crippen molar-refractivity contribution >= 4 is 34.7 Å². The third-order valence-electron chi connectivity index (χ3n) is 5.90. The van der Waals surface area contributed by atoms with Gasteiger partial charge in [-0.1, -0.05) is 18.2 Å². The highest BCUT2D eigenvalue weighted by molar-refractivity contribution is 6.35. The highest BCUT2D eigenvalue weighted by Gasteiger charge is 2.38. The topological polar surface area (TPSA) is 104 Å². The third-order valence-corrected chi connectivity index (χ3v) is 5.90. The number of carboxylic acid groups (broad SMARTS) is 1. The van der Waals surface area contributed by atoms with Gasteiger partial charge in [0.15, 0.2) is 0 Å². The average molecular weight is 495 g/mol. The molecule has 0 aromatic heterocycles. The van der Waals surface area contributed by atoms with E-state index in [1.54, 1.807) is 18.2 Å². The number of alkyl halides is 3. The van der Waals surface area contributed by atoms with E-state index in [0.29, 0.717) is 5.01 Å². The minimum atomic E-state index is -4.68. The Bertz CT molecular complexity index is 1450. The number of aryl methyl sites for hydroxylation is 2. The van der Waals surface area contributed by atoms with Gasteiger partial charge in [0.1, 0.15) is 0 Å². The third kappa shape index (κ3) is 4.46. The smallest absolute Gasteiger partial charge is 0.416 e. The highest BCUT2D eigenvalue weighted by Crippen LogP contribution is 2.44. The number of rotatable bonds is 4. The Labute approximate surface area is 203 Å². The molecule has 184 valence electrons. The van der Waals surface area contributed by atoms with E-state index < -0.39 is 29.5 Å². The van der Waals surface area contributed by atoms with Gasteiger partial charge in [0.2, 0.25) is 0 Å². The number of halogens is 3. The summed E-state index contributed by atoms with van der Waals surface area (Å²) in [5, 5.41) is 10.0. The average Bonchev–Trinajstić information content (AvgIpc) is 3.10. The maximum atomic E-state index is 13.4. The van der Waals surface area contributed by atoms with Crippen molar-refractivity contribution in [3.63, 3.8) is 0 Å². The van der Waals surface area contributed by atoms with E-state index in [9.17, 15) is 32.7 Å². The van der Waals surface area contributed by atoms with E-state index in [0.717, 1.165) is 40.4 Å². The minimum Gasteiger partial charge on any atom is -0.478 e. The van der Waals surface area contributed by atoms with Crippen molar-refractivity contribution in [2.45, 2.75) is 20.0 Å². The molecule has 0 saturated carbocycles. The summed E-state index contributed by atoms with van der Waals surface area (Å²) in [5.41, 5.74) is 0.852. The fourth-order valence-electron chi connectivity index (χ4n) is 3.85. The summed E-state index contributed by atoms with van der Waals surface area (Å²) in [6, 6.07) is 12.9. The number of carbonyl (C=O) groups excluding carboxylic acids is 2. The van der Waals surface area contributed by atoms with Gasteiger partial charge in [0, 0.05) is 17.3 Å². The first-order valence-electron chi connectivity index (χ1n) is 10.6. The number of anilines is 2. The molecule has 0 bridgehead atoms. The lowest BCUT2D eigenvalue weighted by atomic mass is 10.0. The van der Waals surface area contributed by atoms with Gasteiger partial charge in [-0.15, -0.1) is 0 Å². The summed E-state index contributed by atoms with van der Waals surface area (Å²) in [7, 11) is 0. The number of hydrazine groups is 1. The van der Waals surface area contributed by atoms with Crippen molar-refractivity contribution in [3.05, 3.63) is 100 Å². The monoisotopic (exact) mass is 495 g/mol. The molecule has 10 heteroatoms. The van der Waals surface area contributed by atoms with Crippen LogP contribution in [0.25, 0.3) is 5.57 Å². The molecule has 0 saturated heterocycles. The number of fused-ring (bicyclic) bond motifs is 1.